The minimum Gasteiger partial charge on any atom is -0.330 e. The van der Waals surface area contributed by atoms with Crippen LogP contribution in [0.4, 0.5) is 0 Å². The van der Waals surface area contributed by atoms with Gasteiger partial charge in [-0.2, -0.15) is 5.10 Å². The van der Waals surface area contributed by atoms with Crippen molar-refractivity contribution in [2.45, 2.75) is 27.2 Å². The van der Waals surface area contributed by atoms with Gasteiger partial charge < -0.3 is 5.73 Å². The first kappa shape index (κ1) is 14.1. The van der Waals surface area contributed by atoms with Gasteiger partial charge >= 0.3 is 0 Å². The molecule has 0 saturated heterocycles. The van der Waals surface area contributed by atoms with Crippen molar-refractivity contribution in [3.63, 3.8) is 0 Å². The van der Waals surface area contributed by atoms with Crippen LogP contribution in [0, 0.1) is 19.8 Å². The molecule has 0 radical (unpaired) electrons. The van der Waals surface area contributed by atoms with Crippen LogP contribution in [0.15, 0.2) is 24.3 Å². The summed E-state index contributed by atoms with van der Waals surface area (Å²) >= 11 is 6.24. The summed E-state index contributed by atoms with van der Waals surface area (Å²) in [7, 11) is 0. The lowest BCUT2D eigenvalue weighted by Crippen LogP contribution is -2.14. The first-order valence-electron chi connectivity index (χ1n) is 6.54. The highest BCUT2D eigenvalue weighted by Gasteiger charge is 2.15. The number of rotatable bonds is 4. The van der Waals surface area contributed by atoms with E-state index < -0.39 is 0 Å². The van der Waals surface area contributed by atoms with E-state index in [0.29, 0.717) is 17.5 Å². The Morgan fingerprint density at radius 2 is 2.00 bits per heavy atom. The monoisotopic (exact) mass is 277 g/mol. The van der Waals surface area contributed by atoms with Gasteiger partial charge in [-0.15, -0.1) is 0 Å². The number of nitrogens with two attached hydrogens (primary N) is 1. The second-order valence-electron chi connectivity index (χ2n) is 5.06. The molecule has 1 aromatic heterocycles. The average Bonchev–Trinajstić information content (AvgIpc) is 2.67. The summed E-state index contributed by atoms with van der Waals surface area (Å²) in [6, 6.07) is 7.77. The Kier molecular flexibility index (Phi) is 4.27. The summed E-state index contributed by atoms with van der Waals surface area (Å²) in [5, 5.41) is 5.33. The van der Waals surface area contributed by atoms with Crippen LogP contribution in [0.25, 0.3) is 5.69 Å². The zero-order valence-electron chi connectivity index (χ0n) is 11.7. The van der Waals surface area contributed by atoms with Gasteiger partial charge in [0.25, 0.3) is 0 Å². The number of aryl methyl sites for hydroxylation is 1. The van der Waals surface area contributed by atoms with Crippen molar-refractivity contribution in [1.29, 1.82) is 0 Å². The Morgan fingerprint density at radius 3 is 2.63 bits per heavy atom. The van der Waals surface area contributed by atoms with E-state index in [1.807, 2.05) is 35.9 Å². The molecule has 2 aromatic rings. The molecular formula is C15H20ClN3. The molecule has 0 aliphatic rings. The molecule has 1 unspecified atom stereocenters. The molecule has 3 nitrogen and oxygen atoms in total. The van der Waals surface area contributed by atoms with Gasteiger partial charge in [-0.25, -0.2) is 4.68 Å². The first-order valence-corrected chi connectivity index (χ1v) is 6.92. The zero-order valence-corrected chi connectivity index (χ0v) is 12.4. The lowest BCUT2D eigenvalue weighted by atomic mass is 10.00. The van der Waals surface area contributed by atoms with Crippen LogP contribution in [0.2, 0.25) is 5.02 Å². The third-order valence-corrected chi connectivity index (χ3v) is 3.80. The molecule has 1 atom stereocenters. The smallest absolute Gasteiger partial charge is 0.0835 e. The standard InChI is InChI=1S/C15H20ClN3/c1-10(9-17)8-13-11(2)18-19(12(13)3)15-7-5-4-6-14(15)16/h4-7,10H,8-9,17H2,1-3H3. The number of hydrogen-bond acceptors (Lipinski definition) is 2. The molecule has 2 rings (SSSR count). The Labute approximate surface area is 119 Å². The van der Waals surface area contributed by atoms with E-state index in [1.54, 1.807) is 0 Å². The molecule has 19 heavy (non-hydrogen) atoms. The van der Waals surface area contributed by atoms with Crippen LogP contribution in [0.3, 0.4) is 0 Å². The maximum Gasteiger partial charge on any atom is 0.0835 e. The molecule has 0 amide bonds. The van der Waals surface area contributed by atoms with Crippen molar-refractivity contribution in [2.75, 3.05) is 6.54 Å². The van der Waals surface area contributed by atoms with Crippen molar-refractivity contribution in [2.24, 2.45) is 11.7 Å². The number of para-hydroxylation sites is 1. The summed E-state index contributed by atoms with van der Waals surface area (Å²) in [4.78, 5) is 0. The Morgan fingerprint density at radius 1 is 1.32 bits per heavy atom. The molecule has 0 aliphatic carbocycles. The van der Waals surface area contributed by atoms with E-state index in [9.17, 15) is 0 Å². The van der Waals surface area contributed by atoms with E-state index >= 15 is 0 Å². The minimum absolute atomic E-state index is 0.460. The van der Waals surface area contributed by atoms with Crippen LogP contribution < -0.4 is 5.73 Å². The van der Waals surface area contributed by atoms with Gasteiger partial charge in [0, 0.05) is 5.69 Å². The number of halogens is 1. The van der Waals surface area contributed by atoms with E-state index in [4.69, 9.17) is 17.3 Å². The lowest BCUT2D eigenvalue weighted by molar-refractivity contribution is 0.589. The van der Waals surface area contributed by atoms with Gasteiger partial charge in [0.15, 0.2) is 0 Å². The maximum atomic E-state index is 6.24. The van der Waals surface area contributed by atoms with Crippen molar-refractivity contribution >= 4 is 11.6 Å². The Bertz CT molecular complexity index is 575. The normalized spacial score (nSPS) is 12.7. The SMILES string of the molecule is Cc1nn(-c2ccccc2Cl)c(C)c1CC(C)CN. The third-order valence-electron chi connectivity index (χ3n) is 3.48. The summed E-state index contributed by atoms with van der Waals surface area (Å²) in [6.45, 7) is 6.97. The molecule has 4 heteroatoms. The third kappa shape index (κ3) is 2.82. The van der Waals surface area contributed by atoms with E-state index in [1.165, 1.54) is 5.56 Å². The minimum atomic E-state index is 0.460. The number of hydrogen-bond donors (Lipinski definition) is 1. The highest BCUT2D eigenvalue weighted by Crippen LogP contribution is 2.25. The molecule has 0 aliphatic heterocycles. The van der Waals surface area contributed by atoms with Crippen molar-refractivity contribution < 1.29 is 0 Å². The van der Waals surface area contributed by atoms with Gasteiger partial charge in [0.1, 0.15) is 0 Å². The number of aromatic nitrogens is 2. The predicted octanol–water partition coefficient (Wildman–Crippen LogP) is 3.28. The number of nitrogens with zero attached hydrogens (tertiary/aromatic N) is 2. The fourth-order valence-electron chi connectivity index (χ4n) is 2.26. The fourth-order valence-corrected chi connectivity index (χ4v) is 2.48. The molecule has 0 saturated carbocycles. The summed E-state index contributed by atoms with van der Waals surface area (Å²) in [5.74, 6) is 0.460. The lowest BCUT2D eigenvalue weighted by Gasteiger charge is -2.10. The summed E-state index contributed by atoms with van der Waals surface area (Å²) < 4.78 is 1.93. The molecule has 0 spiro atoms. The molecule has 1 aromatic carbocycles. The molecule has 0 bridgehead atoms. The Balaban J connectivity index is 2.44. The molecule has 0 fully saturated rings. The molecule has 2 N–H and O–H groups in total. The van der Waals surface area contributed by atoms with Crippen LogP contribution >= 0.6 is 11.6 Å². The summed E-state index contributed by atoms with van der Waals surface area (Å²) in [6.07, 6.45) is 0.957. The van der Waals surface area contributed by atoms with Gasteiger partial charge in [0.05, 0.1) is 16.4 Å². The highest BCUT2D eigenvalue weighted by molar-refractivity contribution is 6.32. The number of benzene rings is 1. The largest absolute Gasteiger partial charge is 0.330 e. The second kappa shape index (κ2) is 5.76. The predicted molar refractivity (Wildman–Crippen MR) is 80.0 cm³/mol. The fraction of sp³-hybridized carbons (Fsp3) is 0.400. The first-order chi connectivity index (χ1) is 9.04. The van der Waals surface area contributed by atoms with Gasteiger partial charge in [-0.3, -0.25) is 0 Å². The van der Waals surface area contributed by atoms with Gasteiger partial charge in [-0.1, -0.05) is 30.7 Å². The van der Waals surface area contributed by atoms with Crippen molar-refractivity contribution in [3.05, 3.63) is 46.2 Å². The van der Waals surface area contributed by atoms with E-state index in [-0.39, 0.29) is 0 Å². The van der Waals surface area contributed by atoms with Crippen LogP contribution in [0.1, 0.15) is 23.9 Å². The van der Waals surface area contributed by atoms with Crippen molar-refractivity contribution in [1.82, 2.24) is 9.78 Å². The maximum absolute atomic E-state index is 6.24. The topological polar surface area (TPSA) is 43.8 Å². The second-order valence-corrected chi connectivity index (χ2v) is 5.46. The highest BCUT2D eigenvalue weighted by atomic mass is 35.5. The van der Waals surface area contributed by atoms with Crippen LogP contribution in [0.5, 0.6) is 0 Å². The molecule has 1 heterocycles. The summed E-state index contributed by atoms with van der Waals surface area (Å²) in [5.41, 5.74) is 10.1. The van der Waals surface area contributed by atoms with E-state index in [0.717, 1.165) is 23.5 Å². The van der Waals surface area contributed by atoms with Crippen molar-refractivity contribution in [3.8, 4) is 5.69 Å². The zero-order chi connectivity index (χ0) is 14.0. The molecule has 102 valence electrons. The van der Waals surface area contributed by atoms with Crippen LogP contribution in [-0.4, -0.2) is 16.3 Å². The van der Waals surface area contributed by atoms with Crippen LogP contribution in [-0.2, 0) is 6.42 Å². The quantitative estimate of drug-likeness (QED) is 0.932. The van der Waals surface area contributed by atoms with E-state index in [2.05, 4.69) is 18.9 Å². The molecular weight excluding hydrogens is 258 g/mol. The average molecular weight is 278 g/mol. The Hall–Kier alpha value is -1.32. The van der Waals surface area contributed by atoms with Gasteiger partial charge in [0.2, 0.25) is 0 Å². The van der Waals surface area contributed by atoms with Gasteiger partial charge in [-0.05, 0) is 50.4 Å².